The van der Waals surface area contributed by atoms with Gasteiger partial charge in [0.15, 0.2) is 0 Å². The molecular weight excluding hydrogens is 280 g/mol. The summed E-state index contributed by atoms with van der Waals surface area (Å²) in [4.78, 5) is 3.93. The lowest BCUT2D eigenvalue weighted by Crippen LogP contribution is -2.29. The molecule has 0 saturated carbocycles. The number of sulfonamides is 1. The average Bonchev–Trinajstić information content (AvgIpc) is 2.80. The number of nitrogens with one attached hydrogen (secondary N) is 1. The summed E-state index contributed by atoms with van der Waals surface area (Å²) in [6, 6.07) is 2.93. The highest BCUT2D eigenvalue weighted by Gasteiger charge is 2.20. The molecule has 0 aromatic carbocycles. The molecule has 1 fully saturated rings. The molecule has 0 radical (unpaired) electrons. The second-order valence-corrected chi connectivity index (χ2v) is 7.20. The standard InChI is InChI=1S/C10H13ClN2O2S2/c11-10-2-1-9(6-12-10)17(14,15)13-5-8-3-4-16-7-8/h1-2,6,8,13H,3-5,7H2. The molecule has 1 aliphatic rings. The third kappa shape index (κ3) is 3.58. The van der Waals surface area contributed by atoms with Gasteiger partial charge in [-0.2, -0.15) is 11.8 Å². The summed E-state index contributed by atoms with van der Waals surface area (Å²) in [7, 11) is -3.44. The van der Waals surface area contributed by atoms with E-state index in [1.807, 2.05) is 11.8 Å². The zero-order valence-corrected chi connectivity index (χ0v) is 11.5. The fourth-order valence-corrected chi connectivity index (χ4v) is 4.03. The number of thioether (sulfide) groups is 1. The first-order valence-corrected chi connectivity index (χ1v) is 8.28. The molecule has 2 rings (SSSR count). The van der Waals surface area contributed by atoms with Crippen molar-refractivity contribution in [2.75, 3.05) is 18.1 Å². The van der Waals surface area contributed by atoms with Gasteiger partial charge in [-0.3, -0.25) is 0 Å². The third-order valence-corrected chi connectivity index (χ3v) is 5.46. The van der Waals surface area contributed by atoms with Crippen molar-refractivity contribution < 1.29 is 8.42 Å². The van der Waals surface area contributed by atoms with Crippen molar-refractivity contribution in [1.82, 2.24) is 9.71 Å². The molecule has 17 heavy (non-hydrogen) atoms. The van der Waals surface area contributed by atoms with Crippen molar-refractivity contribution in [3.8, 4) is 0 Å². The smallest absolute Gasteiger partial charge is 0.242 e. The van der Waals surface area contributed by atoms with E-state index in [0.717, 1.165) is 17.9 Å². The summed E-state index contributed by atoms with van der Waals surface area (Å²) < 4.78 is 26.4. The maximum absolute atomic E-state index is 11.9. The van der Waals surface area contributed by atoms with E-state index in [-0.39, 0.29) is 10.0 Å². The normalized spacial score (nSPS) is 20.6. The van der Waals surface area contributed by atoms with Crippen LogP contribution < -0.4 is 4.72 Å². The Labute approximate surface area is 110 Å². The van der Waals surface area contributed by atoms with Gasteiger partial charge in [0, 0.05) is 12.7 Å². The van der Waals surface area contributed by atoms with Crippen molar-refractivity contribution in [2.45, 2.75) is 11.3 Å². The first kappa shape index (κ1) is 13.1. The molecule has 94 valence electrons. The summed E-state index contributed by atoms with van der Waals surface area (Å²) in [5.41, 5.74) is 0. The Morgan fingerprint density at radius 1 is 1.53 bits per heavy atom. The Morgan fingerprint density at radius 3 is 2.94 bits per heavy atom. The van der Waals surface area contributed by atoms with Crippen molar-refractivity contribution >= 4 is 33.4 Å². The molecule has 1 aromatic heterocycles. The van der Waals surface area contributed by atoms with E-state index in [9.17, 15) is 8.42 Å². The molecule has 1 atom stereocenters. The lowest BCUT2D eigenvalue weighted by molar-refractivity contribution is 0.545. The van der Waals surface area contributed by atoms with Crippen LogP contribution in [0.15, 0.2) is 23.2 Å². The van der Waals surface area contributed by atoms with Gasteiger partial charge in [0.1, 0.15) is 10.0 Å². The van der Waals surface area contributed by atoms with Crippen LogP contribution in [0.5, 0.6) is 0 Å². The van der Waals surface area contributed by atoms with Gasteiger partial charge in [0.05, 0.1) is 0 Å². The number of halogens is 1. The summed E-state index contributed by atoms with van der Waals surface area (Å²) >= 11 is 7.48. The van der Waals surface area contributed by atoms with E-state index < -0.39 is 10.0 Å². The first-order chi connectivity index (χ1) is 8.08. The predicted octanol–water partition coefficient (Wildman–Crippen LogP) is 1.77. The van der Waals surface area contributed by atoms with Crippen LogP contribution in [0.4, 0.5) is 0 Å². The van der Waals surface area contributed by atoms with Gasteiger partial charge in [0.25, 0.3) is 0 Å². The van der Waals surface area contributed by atoms with E-state index in [0.29, 0.717) is 12.5 Å². The van der Waals surface area contributed by atoms with Gasteiger partial charge in [-0.15, -0.1) is 0 Å². The quantitative estimate of drug-likeness (QED) is 0.859. The zero-order chi connectivity index (χ0) is 12.3. The topological polar surface area (TPSA) is 59.1 Å². The zero-order valence-electron chi connectivity index (χ0n) is 9.10. The maximum Gasteiger partial charge on any atom is 0.242 e. The lowest BCUT2D eigenvalue weighted by Gasteiger charge is -2.10. The fourth-order valence-electron chi connectivity index (χ4n) is 1.58. The Hall–Kier alpha value is -0.300. The minimum absolute atomic E-state index is 0.160. The van der Waals surface area contributed by atoms with Crippen LogP contribution in [0.25, 0.3) is 0 Å². The van der Waals surface area contributed by atoms with Crippen LogP contribution in [-0.2, 0) is 10.0 Å². The van der Waals surface area contributed by atoms with Crippen LogP contribution in [0.2, 0.25) is 5.15 Å². The van der Waals surface area contributed by atoms with Crippen LogP contribution in [0.1, 0.15) is 6.42 Å². The average molecular weight is 293 g/mol. The second-order valence-electron chi connectivity index (χ2n) is 3.90. The predicted molar refractivity (Wildman–Crippen MR) is 69.9 cm³/mol. The first-order valence-electron chi connectivity index (χ1n) is 5.27. The largest absolute Gasteiger partial charge is 0.243 e. The molecule has 2 heterocycles. The highest BCUT2D eigenvalue weighted by molar-refractivity contribution is 7.99. The van der Waals surface area contributed by atoms with E-state index in [4.69, 9.17) is 11.6 Å². The van der Waals surface area contributed by atoms with Crippen molar-refractivity contribution in [3.63, 3.8) is 0 Å². The third-order valence-electron chi connectivity index (χ3n) is 2.60. The molecule has 1 saturated heterocycles. The van der Waals surface area contributed by atoms with Crippen LogP contribution >= 0.6 is 23.4 Å². The minimum Gasteiger partial charge on any atom is -0.243 e. The number of pyridine rings is 1. The number of aromatic nitrogens is 1. The molecule has 7 heteroatoms. The van der Waals surface area contributed by atoms with Crippen molar-refractivity contribution in [1.29, 1.82) is 0 Å². The Bertz CT molecular complexity index is 470. The van der Waals surface area contributed by atoms with E-state index in [1.54, 1.807) is 0 Å². The van der Waals surface area contributed by atoms with Crippen LogP contribution in [0.3, 0.4) is 0 Å². The molecule has 0 spiro atoms. The Kier molecular flexibility index (Phi) is 4.30. The molecule has 1 aromatic rings. The molecule has 0 amide bonds. The van der Waals surface area contributed by atoms with Gasteiger partial charge in [-0.25, -0.2) is 18.1 Å². The molecule has 4 nitrogen and oxygen atoms in total. The summed E-state index contributed by atoms with van der Waals surface area (Å²) in [5, 5.41) is 0.288. The SMILES string of the molecule is O=S(=O)(NCC1CCSC1)c1ccc(Cl)nc1. The van der Waals surface area contributed by atoms with Gasteiger partial charge >= 0.3 is 0 Å². The van der Waals surface area contributed by atoms with E-state index >= 15 is 0 Å². The lowest BCUT2D eigenvalue weighted by atomic mass is 10.1. The molecule has 1 aliphatic heterocycles. The minimum atomic E-state index is -3.44. The van der Waals surface area contributed by atoms with Gasteiger partial charge in [-0.05, 0) is 36.0 Å². The second kappa shape index (κ2) is 5.56. The monoisotopic (exact) mass is 292 g/mol. The number of nitrogens with zero attached hydrogens (tertiary/aromatic N) is 1. The Morgan fingerprint density at radius 2 is 2.35 bits per heavy atom. The van der Waals surface area contributed by atoms with Crippen molar-refractivity contribution in [2.24, 2.45) is 5.92 Å². The fraction of sp³-hybridized carbons (Fsp3) is 0.500. The number of rotatable bonds is 4. The van der Waals surface area contributed by atoms with Crippen LogP contribution in [-0.4, -0.2) is 31.5 Å². The molecule has 1 N–H and O–H groups in total. The van der Waals surface area contributed by atoms with E-state index in [1.165, 1.54) is 18.3 Å². The molecule has 1 unspecified atom stereocenters. The molecule has 0 bridgehead atoms. The summed E-state index contributed by atoms with van der Waals surface area (Å²) in [5.74, 6) is 2.59. The van der Waals surface area contributed by atoms with Gasteiger partial charge in [-0.1, -0.05) is 11.6 Å². The maximum atomic E-state index is 11.9. The van der Waals surface area contributed by atoms with Gasteiger partial charge in [0.2, 0.25) is 10.0 Å². The summed E-state index contributed by atoms with van der Waals surface area (Å²) in [6.07, 6.45) is 2.35. The number of hydrogen-bond acceptors (Lipinski definition) is 4. The highest BCUT2D eigenvalue weighted by Crippen LogP contribution is 2.23. The number of hydrogen-bond donors (Lipinski definition) is 1. The molecule has 0 aliphatic carbocycles. The van der Waals surface area contributed by atoms with Crippen LogP contribution in [0, 0.1) is 5.92 Å². The van der Waals surface area contributed by atoms with Crippen molar-refractivity contribution in [3.05, 3.63) is 23.5 Å². The summed E-state index contributed by atoms with van der Waals surface area (Å²) in [6.45, 7) is 0.498. The van der Waals surface area contributed by atoms with E-state index in [2.05, 4.69) is 9.71 Å². The highest BCUT2D eigenvalue weighted by atomic mass is 35.5. The molecular formula is C10H13ClN2O2S2. The Balaban J connectivity index is 2.00. The van der Waals surface area contributed by atoms with Gasteiger partial charge < -0.3 is 0 Å².